The first kappa shape index (κ1) is 18.0. The summed E-state index contributed by atoms with van der Waals surface area (Å²) in [5, 5.41) is 12.5. The van der Waals surface area contributed by atoms with Crippen LogP contribution in [0, 0.1) is 0 Å². The molecule has 0 aliphatic carbocycles. The standard InChI is InChI=1S/C14H21Cl2N3O2/c1-3-4-19(5-6-20)9(2)14(21)18-13-11(16)7-10(15)8-12(13)17/h7-9,20H,3-6,17H2,1-2H3,(H,18,21). The second kappa shape index (κ2) is 8.44. The van der Waals surface area contributed by atoms with Crippen molar-refractivity contribution in [2.75, 3.05) is 30.7 Å². The summed E-state index contributed by atoms with van der Waals surface area (Å²) in [7, 11) is 0. The highest BCUT2D eigenvalue weighted by Crippen LogP contribution is 2.32. The van der Waals surface area contributed by atoms with Crippen LogP contribution in [-0.2, 0) is 4.79 Å². The number of nitrogens with zero attached hydrogens (tertiary/aromatic N) is 1. The first-order valence-corrected chi connectivity index (χ1v) is 7.56. The predicted octanol–water partition coefficient (Wildman–Crippen LogP) is 2.61. The molecule has 0 fully saturated rings. The van der Waals surface area contributed by atoms with Gasteiger partial charge in [-0.15, -0.1) is 0 Å². The molecule has 0 heterocycles. The minimum absolute atomic E-state index is 0.00145. The molecule has 1 atom stereocenters. The van der Waals surface area contributed by atoms with Crippen molar-refractivity contribution in [2.24, 2.45) is 0 Å². The minimum Gasteiger partial charge on any atom is -0.397 e. The Morgan fingerprint density at radius 3 is 2.62 bits per heavy atom. The highest BCUT2D eigenvalue weighted by atomic mass is 35.5. The Labute approximate surface area is 135 Å². The molecule has 1 unspecified atom stereocenters. The maximum Gasteiger partial charge on any atom is 0.241 e. The number of aliphatic hydroxyl groups is 1. The molecule has 0 aromatic heterocycles. The maximum absolute atomic E-state index is 12.3. The summed E-state index contributed by atoms with van der Waals surface area (Å²) >= 11 is 11.9. The van der Waals surface area contributed by atoms with Crippen LogP contribution in [0.4, 0.5) is 11.4 Å². The second-order valence-electron chi connectivity index (χ2n) is 4.78. The number of amides is 1. The number of halogens is 2. The van der Waals surface area contributed by atoms with E-state index in [1.165, 1.54) is 12.1 Å². The lowest BCUT2D eigenvalue weighted by Gasteiger charge is -2.27. The third kappa shape index (κ3) is 5.04. The summed E-state index contributed by atoms with van der Waals surface area (Å²) in [5.74, 6) is -0.229. The van der Waals surface area contributed by atoms with E-state index < -0.39 is 6.04 Å². The summed E-state index contributed by atoms with van der Waals surface area (Å²) < 4.78 is 0. The van der Waals surface area contributed by atoms with Gasteiger partial charge in [0.25, 0.3) is 0 Å². The Bertz CT molecular complexity index is 468. The minimum atomic E-state index is -0.400. The number of nitrogens with two attached hydrogens (primary N) is 1. The van der Waals surface area contributed by atoms with Crippen molar-refractivity contribution in [3.05, 3.63) is 22.2 Å². The number of carbonyl (C=O) groups excluding carboxylic acids is 1. The van der Waals surface area contributed by atoms with Gasteiger partial charge in [-0.05, 0) is 32.0 Å². The average Bonchev–Trinajstić information content (AvgIpc) is 2.41. The molecule has 7 heteroatoms. The Morgan fingerprint density at radius 2 is 2.10 bits per heavy atom. The number of benzene rings is 1. The summed E-state index contributed by atoms with van der Waals surface area (Å²) in [6.45, 7) is 4.95. The maximum atomic E-state index is 12.3. The van der Waals surface area contributed by atoms with Crippen molar-refractivity contribution < 1.29 is 9.90 Å². The van der Waals surface area contributed by atoms with E-state index >= 15 is 0 Å². The summed E-state index contributed by atoms with van der Waals surface area (Å²) in [6, 6.07) is 2.66. The van der Waals surface area contributed by atoms with Crippen LogP contribution in [0.5, 0.6) is 0 Å². The van der Waals surface area contributed by atoms with Gasteiger partial charge in [0.2, 0.25) is 5.91 Å². The van der Waals surface area contributed by atoms with Gasteiger partial charge in [0.15, 0.2) is 0 Å². The molecule has 0 radical (unpaired) electrons. The van der Waals surface area contributed by atoms with Crippen molar-refractivity contribution in [3.63, 3.8) is 0 Å². The number of nitrogen functional groups attached to an aromatic ring is 1. The highest BCUT2D eigenvalue weighted by Gasteiger charge is 2.21. The summed E-state index contributed by atoms with van der Waals surface area (Å²) in [5.41, 5.74) is 6.50. The lowest BCUT2D eigenvalue weighted by atomic mass is 10.2. The molecule has 1 aromatic carbocycles. The zero-order valence-electron chi connectivity index (χ0n) is 12.2. The highest BCUT2D eigenvalue weighted by molar-refractivity contribution is 6.37. The van der Waals surface area contributed by atoms with Gasteiger partial charge < -0.3 is 16.2 Å². The number of rotatable bonds is 7. The Balaban J connectivity index is 2.84. The monoisotopic (exact) mass is 333 g/mol. The SMILES string of the molecule is CCCN(CCO)C(C)C(=O)Nc1c(N)cc(Cl)cc1Cl. The van der Waals surface area contributed by atoms with Gasteiger partial charge in [-0.3, -0.25) is 9.69 Å². The topological polar surface area (TPSA) is 78.6 Å². The second-order valence-corrected chi connectivity index (χ2v) is 5.62. The van der Waals surface area contributed by atoms with Crippen LogP contribution in [-0.4, -0.2) is 41.7 Å². The molecular weight excluding hydrogens is 313 g/mol. The summed E-state index contributed by atoms with van der Waals surface area (Å²) in [6.07, 6.45) is 0.890. The first-order valence-electron chi connectivity index (χ1n) is 6.81. The summed E-state index contributed by atoms with van der Waals surface area (Å²) in [4.78, 5) is 14.2. The zero-order chi connectivity index (χ0) is 16.0. The lowest BCUT2D eigenvalue weighted by Crippen LogP contribution is -2.43. The van der Waals surface area contributed by atoms with Gasteiger partial charge in [0.05, 0.1) is 29.0 Å². The van der Waals surface area contributed by atoms with Crippen molar-refractivity contribution in [1.29, 1.82) is 0 Å². The Kier molecular flexibility index (Phi) is 7.25. The molecule has 0 aliphatic rings. The van der Waals surface area contributed by atoms with Crippen molar-refractivity contribution in [3.8, 4) is 0 Å². The smallest absolute Gasteiger partial charge is 0.241 e. The normalized spacial score (nSPS) is 12.5. The van der Waals surface area contributed by atoms with E-state index in [0.717, 1.165) is 13.0 Å². The van der Waals surface area contributed by atoms with Gasteiger partial charge >= 0.3 is 0 Å². The molecule has 0 saturated heterocycles. The quantitative estimate of drug-likeness (QED) is 0.670. The van der Waals surface area contributed by atoms with Crippen LogP contribution in [0.2, 0.25) is 10.0 Å². The van der Waals surface area contributed by atoms with Gasteiger partial charge in [-0.25, -0.2) is 0 Å². The molecule has 118 valence electrons. The van der Waals surface area contributed by atoms with E-state index in [-0.39, 0.29) is 12.5 Å². The van der Waals surface area contributed by atoms with Crippen LogP contribution in [0.1, 0.15) is 20.3 Å². The van der Waals surface area contributed by atoms with E-state index in [2.05, 4.69) is 5.32 Å². The number of hydrogen-bond acceptors (Lipinski definition) is 4. The van der Waals surface area contributed by atoms with Crippen LogP contribution >= 0.6 is 23.2 Å². The number of carbonyl (C=O) groups is 1. The van der Waals surface area contributed by atoms with E-state index in [0.29, 0.717) is 28.0 Å². The molecule has 1 rings (SSSR count). The molecule has 0 bridgehead atoms. The van der Waals surface area contributed by atoms with Crippen molar-refractivity contribution in [2.45, 2.75) is 26.3 Å². The van der Waals surface area contributed by atoms with Gasteiger partial charge in [0.1, 0.15) is 0 Å². The fourth-order valence-corrected chi connectivity index (χ4v) is 2.59. The molecule has 0 saturated carbocycles. The number of nitrogens with one attached hydrogen (secondary N) is 1. The molecule has 1 amide bonds. The molecular formula is C14H21Cl2N3O2. The van der Waals surface area contributed by atoms with E-state index in [1.807, 2.05) is 11.8 Å². The molecule has 21 heavy (non-hydrogen) atoms. The Hall–Kier alpha value is -1.01. The van der Waals surface area contributed by atoms with Gasteiger partial charge in [-0.1, -0.05) is 30.1 Å². The number of aliphatic hydroxyl groups excluding tert-OH is 1. The number of anilines is 2. The molecule has 4 N–H and O–H groups in total. The zero-order valence-corrected chi connectivity index (χ0v) is 13.7. The average molecular weight is 334 g/mol. The third-order valence-corrected chi connectivity index (χ3v) is 3.68. The molecule has 0 spiro atoms. The van der Waals surface area contributed by atoms with E-state index in [1.54, 1.807) is 6.92 Å². The van der Waals surface area contributed by atoms with Crippen LogP contribution in [0.25, 0.3) is 0 Å². The largest absolute Gasteiger partial charge is 0.397 e. The third-order valence-electron chi connectivity index (χ3n) is 3.16. The van der Waals surface area contributed by atoms with Gasteiger partial charge in [0, 0.05) is 11.6 Å². The van der Waals surface area contributed by atoms with Crippen LogP contribution in [0.15, 0.2) is 12.1 Å². The molecule has 5 nitrogen and oxygen atoms in total. The van der Waals surface area contributed by atoms with E-state index in [9.17, 15) is 4.79 Å². The first-order chi connectivity index (χ1) is 9.90. The van der Waals surface area contributed by atoms with Crippen molar-refractivity contribution >= 4 is 40.5 Å². The molecule has 0 aliphatic heterocycles. The fraction of sp³-hybridized carbons (Fsp3) is 0.500. The predicted molar refractivity (Wildman–Crippen MR) is 87.9 cm³/mol. The van der Waals surface area contributed by atoms with Crippen molar-refractivity contribution in [1.82, 2.24) is 4.90 Å². The Morgan fingerprint density at radius 1 is 1.43 bits per heavy atom. The van der Waals surface area contributed by atoms with Crippen LogP contribution < -0.4 is 11.1 Å². The molecule has 1 aromatic rings. The fourth-order valence-electron chi connectivity index (χ4n) is 2.03. The van der Waals surface area contributed by atoms with E-state index in [4.69, 9.17) is 34.0 Å². The van der Waals surface area contributed by atoms with Crippen LogP contribution in [0.3, 0.4) is 0 Å². The lowest BCUT2D eigenvalue weighted by molar-refractivity contribution is -0.120. The van der Waals surface area contributed by atoms with Gasteiger partial charge in [-0.2, -0.15) is 0 Å². The number of hydrogen-bond donors (Lipinski definition) is 3.